The Morgan fingerprint density at radius 2 is 1.80 bits per heavy atom. The minimum atomic E-state index is -0.276. The number of ether oxygens (including phenoxy) is 2. The molecule has 0 aliphatic heterocycles. The maximum atomic E-state index is 12.2. The molecule has 0 radical (unpaired) electrons. The van der Waals surface area contributed by atoms with Crippen molar-refractivity contribution in [3.63, 3.8) is 0 Å². The lowest BCUT2D eigenvalue weighted by Gasteiger charge is -2.08. The molecule has 1 heterocycles. The van der Waals surface area contributed by atoms with E-state index in [9.17, 15) is 4.79 Å². The zero-order valence-electron chi connectivity index (χ0n) is 16.1. The fourth-order valence-corrected chi connectivity index (χ4v) is 3.15. The largest absolute Gasteiger partial charge is 0.489 e. The zero-order valence-corrected chi connectivity index (χ0v) is 16.9. The molecule has 0 aliphatic rings. The second-order valence-corrected chi connectivity index (χ2v) is 7.09. The van der Waals surface area contributed by atoms with Gasteiger partial charge >= 0.3 is 0 Å². The molecule has 0 atom stereocenters. The van der Waals surface area contributed by atoms with Gasteiger partial charge in [0.25, 0.3) is 5.91 Å². The van der Waals surface area contributed by atoms with Crippen LogP contribution in [0.4, 0.5) is 5.82 Å². The van der Waals surface area contributed by atoms with Crippen molar-refractivity contribution in [3.8, 4) is 5.75 Å². The first-order valence-corrected chi connectivity index (χ1v) is 9.83. The van der Waals surface area contributed by atoms with Crippen LogP contribution in [0.5, 0.6) is 5.75 Å². The minimum Gasteiger partial charge on any atom is -0.489 e. The number of nitrogens with one attached hydrogen (secondary N) is 2. The minimum absolute atomic E-state index is 0.0635. The molecule has 0 saturated heterocycles. The number of hydrogen-bond donors (Lipinski definition) is 2. The Hall–Kier alpha value is -3.35. The highest BCUT2D eigenvalue weighted by Gasteiger charge is 2.11. The molecular formula is C23H20ClN3O3. The van der Waals surface area contributed by atoms with Crippen LogP contribution in [0.2, 0.25) is 5.02 Å². The van der Waals surface area contributed by atoms with E-state index in [0.29, 0.717) is 29.8 Å². The van der Waals surface area contributed by atoms with Gasteiger partial charge in [0.15, 0.2) is 5.82 Å². The van der Waals surface area contributed by atoms with E-state index in [2.05, 4.69) is 15.5 Å². The number of carbonyl (C=O) groups is 1. The Morgan fingerprint density at radius 1 is 1.00 bits per heavy atom. The molecule has 1 aromatic heterocycles. The number of amides is 1. The Labute approximate surface area is 178 Å². The van der Waals surface area contributed by atoms with E-state index in [1.807, 2.05) is 72.8 Å². The van der Waals surface area contributed by atoms with Gasteiger partial charge in [0.05, 0.1) is 12.1 Å². The van der Waals surface area contributed by atoms with Gasteiger partial charge in [0.2, 0.25) is 0 Å². The average Bonchev–Trinajstić information content (AvgIpc) is 3.16. The number of H-pyrrole nitrogens is 1. The van der Waals surface area contributed by atoms with Crippen LogP contribution in [-0.2, 0) is 22.7 Å². The molecule has 0 bridgehead atoms. The molecule has 0 spiro atoms. The lowest BCUT2D eigenvalue weighted by molar-refractivity contribution is -0.121. The standard InChI is InChI=1S/C23H20ClN3O3/c24-20-9-5-4-8-17(20)14-30-18-10-11-21-19(12-18)23(27-26-21)25-22(28)15-29-13-16-6-2-1-3-7-16/h1-12H,13-15H2,(H2,25,26,27,28). The number of benzene rings is 3. The summed E-state index contributed by atoms with van der Waals surface area (Å²) in [6, 6.07) is 22.7. The number of rotatable bonds is 8. The Balaban J connectivity index is 1.37. The van der Waals surface area contributed by atoms with Crippen molar-refractivity contribution in [3.05, 3.63) is 88.9 Å². The predicted molar refractivity (Wildman–Crippen MR) is 117 cm³/mol. The quantitative estimate of drug-likeness (QED) is 0.422. The summed E-state index contributed by atoms with van der Waals surface area (Å²) in [4.78, 5) is 12.2. The molecule has 30 heavy (non-hydrogen) atoms. The van der Waals surface area contributed by atoms with Crippen LogP contribution in [-0.4, -0.2) is 22.7 Å². The topological polar surface area (TPSA) is 76.2 Å². The van der Waals surface area contributed by atoms with Crippen LogP contribution < -0.4 is 10.1 Å². The summed E-state index contributed by atoms with van der Waals surface area (Å²) in [5.41, 5.74) is 2.70. The molecule has 0 unspecified atom stereocenters. The second-order valence-electron chi connectivity index (χ2n) is 6.69. The number of aromatic amines is 1. The molecule has 4 rings (SSSR count). The van der Waals surface area contributed by atoms with Crippen molar-refractivity contribution in [1.29, 1.82) is 0 Å². The van der Waals surface area contributed by atoms with Gasteiger partial charge < -0.3 is 14.8 Å². The first kappa shape index (κ1) is 19.9. The number of anilines is 1. The molecule has 6 nitrogen and oxygen atoms in total. The van der Waals surface area contributed by atoms with Gasteiger partial charge in [-0.25, -0.2) is 0 Å². The van der Waals surface area contributed by atoms with Crippen molar-refractivity contribution in [2.75, 3.05) is 11.9 Å². The Bertz CT molecular complexity index is 1140. The maximum Gasteiger partial charge on any atom is 0.251 e. The molecule has 0 fully saturated rings. The predicted octanol–water partition coefficient (Wildman–Crippen LogP) is 4.95. The third-order valence-corrected chi connectivity index (χ3v) is 4.86. The van der Waals surface area contributed by atoms with E-state index < -0.39 is 0 Å². The molecule has 3 aromatic carbocycles. The summed E-state index contributed by atoms with van der Waals surface area (Å²) in [6.45, 7) is 0.652. The van der Waals surface area contributed by atoms with Gasteiger partial charge in [-0.3, -0.25) is 9.89 Å². The van der Waals surface area contributed by atoms with Gasteiger partial charge in [-0.05, 0) is 29.8 Å². The van der Waals surface area contributed by atoms with E-state index in [1.54, 1.807) is 0 Å². The Morgan fingerprint density at radius 3 is 2.63 bits per heavy atom. The van der Waals surface area contributed by atoms with Crippen molar-refractivity contribution < 1.29 is 14.3 Å². The summed E-state index contributed by atoms with van der Waals surface area (Å²) in [5.74, 6) is 0.808. The SMILES string of the molecule is O=C(COCc1ccccc1)Nc1n[nH]c2ccc(OCc3ccccc3Cl)cc12. The molecule has 152 valence electrons. The second kappa shape index (κ2) is 9.43. The van der Waals surface area contributed by atoms with Crippen LogP contribution in [0.25, 0.3) is 10.9 Å². The average molecular weight is 422 g/mol. The Kier molecular flexibility index (Phi) is 6.27. The normalized spacial score (nSPS) is 10.8. The summed E-state index contributed by atoms with van der Waals surface area (Å²) in [7, 11) is 0. The number of hydrogen-bond acceptors (Lipinski definition) is 4. The number of aromatic nitrogens is 2. The van der Waals surface area contributed by atoms with E-state index in [1.165, 1.54) is 0 Å². The molecule has 0 aliphatic carbocycles. The smallest absolute Gasteiger partial charge is 0.251 e. The third kappa shape index (κ3) is 4.97. The molecular weight excluding hydrogens is 402 g/mol. The van der Waals surface area contributed by atoms with Crippen LogP contribution in [0, 0.1) is 0 Å². The summed E-state index contributed by atoms with van der Waals surface area (Å²) in [6.07, 6.45) is 0. The van der Waals surface area contributed by atoms with E-state index in [4.69, 9.17) is 21.1 Å². The molecule has 7 heteroatoms. The van der Waals surface area contributed by atoms with Gasteiger partial charge in [-0.2, -0.15) is 5.10 Å². The van der Waals surface area contributed by atoms with E-state index >= 15 is 0 Å². The number of nitrogens with zero attached hydrogens (tertiary/aromatic N) is 1. The zero-order chi connectivity index (χ0) is 20.8. The van der Waals surface area contributed by atoms with Crippen LogP contribution in [0.1, 0.15) is 11.1 Å². The first-order chi connectivity index (χ1) is 14.7. The molecule has 0 saturated carbocycles. The van der Waals surface area contributed by atoms with E-state index in [-0.39, 0.29) is 12.5 Å². The van der Waals surface area contributed by atoms with Crippen LogP contribution in [0.15, 0.2) is 72.8 Å². The van der Waals surface area contributed by atoms with Gasteiger partial charge in [-0.1, -0.05) is 60.1 Å². The van der Waals surface area contributed by atoms with Crippen molar-refractivity contribution >= 4 is 34.2 Å². The third-order valence-electron chi connectivity index (χ3n) is 4.49. The van der Waals surface area contributed by atoms with Crippen LogP contribution in [0.3, 0.4) is 0 Å². The highest BCUT2D eigenvalue weighted by molar-refractivity contribution is 6.31. The van der Waals surface area contributed by atoms with Crippen molar-refractivity contribution in [2.45, 2.75) is 13.2 Å². The number of carbonyl (C=O) groups excluding carboxylic acids is 1. The summed E-state index contributed by atoms with van der Waals surface area (Å²) < 4.78 is 11.3. The fourth-order valence-electron chi connectivity index (χ4n) is 2.96. The van der Waals surface area contributed by atoms with Crippen LogP contribution >= 0.6 is 11.6 Å². The molecule has 4 aromatic rings. The lowest BCUT2D eigenvalue weighted by Crippen LogP contribution is -2.18. The highest BCUT2D eigenvalue weighted by atomic mass is 35.5. The molecule has 1 amide bonds. The van der Waals surface area contributed by atoms with Crippen molar-refractivity contribution in [2.24, 2.45) is 0 Å². The summed E-state index contributed by atoms with van der Waals surface area (Å²) >= 11 is 6.18. The van der Waals surface area contributed by atoms with Gasteiger partial charge in [0.1, 0.15) is 19.0 Å². The number of halogens is 1. The first-order valence-electron chi connectivity index (χ1n) is 9.45. The van der Waals surface area contributed by atoms with Gasteiger partial charge in [-0.15, -0.1) is 0 Å². The fraction of sp³-hybridized carbons (Fsp3) is 0.130. The monoisotopic (exact) mass is 421 g/mol. The van der Waals surface area contributed by atoms with E-state index in [0.717, 1.165) is 22.0 Å². The summed E-state index contributed by atoms with van der Waals surface area (Å²) in [5, 5.41) is 11.3. The highest BCUT2D eigenvalue weighted by Crippen LogP contribution is 2.26. The molecule has 2 N–H and O–H groups in total. The maximum absolute atomic E-state index is 12.2. The number of fused-ring (bicyclic) bond motifs is 1. The lowest BCUT2D eigenvalue weighted by atomic mass is 10.2. The van der Waals surface area contributed by atoms with Gasteiger partial charge in [0, 0.05) is 16.0 Å². The van der Waals surface area contributed by atoms with Crippen molar-refractivity contribution in [1.82, 2.24) is 10.2 Å².